The third-order valence-corrected chi connectivity index (χ3v) is 3.28. The molecule has 0 amide bonds. The first kappa shape index (κ1) is 13.7. The maximum Gasteiger partial charge on any atom is 0.227 e. The van der Waals surface area contributed by atoms with Crippen LogP contribution in [0.4, 0.5) is 4.39 Å². The molecule has 5 heteroatoms. The zero-order chi connectivity index (χ0) is 13.8. The van der Waals surface area contributed by atoms with E-state index in [-0.39, 0.29) is 5.82 Å². The van der Waals surface area contributed by atoms with Gasteiger partial charge < -0.3 is 10.3 Å². The fraction of sp³-hybridized carbons (Fsp3) is 0.429. The molecule has 0 saturated heterocycles. The molecule has 1 aromatic heterocycles. The smallest absolute Gasteiger partial charge is 0.227 e. The molecular formula is C14H18FN3O. The van der Waals surface area contributed by atoms with Crippen molar-refractivity contribution in [2.45, 2.75) is 26.7 Å². The van der Waals surface area contributed by atoms with Crippen LogP contribution in [0, 0.1) is 18.7 Å². The summed E-state index contributed by atoms with van der Waals surface area (Å²) in [5.74, 6) is 1.01. The van der Waals surface area contributed by atoms with Crippen molar-refractivity contribution in [1.82, 2.24) is 10.1 Å². The molecule has 1 heterocycles. The van der Waals surface area contributed by atoms with E-state index in [0.29, 0.717) is 36.2 Å². The summed E-state index contributed by atoms with van der Waals surface area (Å²) in [4.78, 5) is 4.32. The minimum atomic E-state index is -0.305. The molecule has 102 valence electrons. The molecule has 0 bridgehead atoms. The van der Waals surface area contributed by atoms with E-state index in [4.69, 9.17) is 10.3 Å². The van der Waals surface area contributed by atoms with Gasteiger partial charge in [-0.1, -0.05) is 24.6 Å². The summed E-state index contributed by atoms with van der Waals surface area (Å²) in [6, 6.07) is 4.54. The van der Waals surface area contributed by atoms with E-state index >= 15 is 0 Å². The van der Waals surface area contributed by atoms with Crippen LogP contribution >= 0.6 is 0 Å². The van der Waals surface area contributed by atoms with Crippen LogP contribution in [0.1, 0.15) is 24.8 Å². The Bertz CT molecular complexity index is 549. The number of halogens is 1. The normalized spacial score (nSPS) is 12.6. The fourth-order valence-electron chi connectivity index (χ4n) is 1.92. The topological polar surface area (TPSA) is 64.9 Å². The molecule has 0 radical (unpaired) electrons. The van der Waals surface area contributed by atoms with Gasteiger partial charge in [0.25, 0.3) is 0 Å². The van der Waals surface area contributed by atoms with Gasteiger partial charge in [-0.25, -0.2) is 4.39 Å². The fourth-order valence-corrected chi connectivity index (χ4v) is 1.92. The molecule has 4 nitrogen and oxygen atoms in total. The lowest BCUT2D eigenvalue weighted by atomic mass is 10.0. The number of nitrogens with two attached hydrogens (primary N) is 1. The van der Waals surface area contributed by atoms with Gasteiger partial charge in [-0.3, -0.25) is 0 Å². The Labute approximate surface area is 111 Å². The van der Waals surface area contributed by atoms with Gasteiger partial charge in [0.1, 0.15) is 5.82 Å². The standard InChI is InChI=1S/C14H18FN3O/c1-3-10(8-16)6-13-17-14(18-19-13)12-7-11(15)5-4-9(12)2/h4-5,7,10H,3,6,8,16H2,1-2H3. The summed E-state index contributed by atoms with van der Waals surface area (Å²) < 4.78 is 18.5. The zero-order valence-electron chi connectivity index (χ0n) is 11.2. The highest BCUT2D eigenvalue weighted by atomic mass is 19.1. The highest BCUT2D eigenvalue weighted by Gasteiger charge is 2.14. The van der Waals surface area contributed by atoms with Crippen LogP contribution in [0.15, 0.2) is 22.7 Å². The SMILES string of the molecule is CCC(CN)Cc1nc(-c2cc(F)ccc2C)no1. The van der Waals surface area contributed by atoms with Crippen LogP contribution < -0.4 is 5.73 Å². The predicted octanol–water partition coefficient (Wildman–Crippen LogP) is 2.71. The Morgan fingerprint density at radius 2 is 2.21 bits per heavy atom. The molecule has 0 fully saturated rings. The van der Waals surface area contributed by atoms with E-state index in [2.05, 4.69) is 17.1 Å². The lowest BCUT2D eigenvalue weighted by Crippen LogP contribution is -2.15. The lowest BCUT2D eigenvalue weighted by molar-refractivity contribution is 0.350. The van der Waals surface area contributed by atoms with Gasteiger partial charge in [-0.05, 0) is 37.1 Å². The molecule has 0 saturated carbocycles. The molecule has 0 spiro atoms. The van der Waals surface area contributed by atoms with Gasteiger partial charge in [-0.15, -0.1) is 0 Å². The van der Waals surface area contributed by atoms with Gasteiger partial charge in [0.05, 0.1) is 0 Å². The van der Waals surface area contributed by atoms with E-state index in [9.17, 15) is 4.39 Å². The maximum atomic E-state index is 13.3. The number of hydrogen-bond acceptors (Lipinski definition) is 4. The minimum absolute atomic E-state index is 0.305. The average Bonchev–Trinajstić information content (AvgIpc) is 2.87. The Hall–Kier alpha value is -1.75. The molecule has 2 rings (SSSR count). The molecule has 1 unspecified atom stereocenters. The van der Waals surface area contributed by atoms with Crippen LogP contribution in [0.3, 0.4) is 0 Å². The van der Waals surface area contributed by atoms with E-state index in [1.807, 2.05) is 6.92 Å². The van der Waals surface area contributed by atoms with E-state index in [1.54, 1.807) is 6.07 Å². The first-order valence-corrected chi connectivity index (χ1v) is 6.43. The highest BCUT2D eigenvalue weighted by molar-refractivity contribution is 5.59. The summed E-state index contributed by atoms with van der Waals surface area (Å²) in [6.45, 7) is 4.55. The summed E-state index contributed by atoms with van der Waals surface area (Å²) in [6.07, 6.45) is 1.63. The number of benzene rings is 1. The van der Waals surface area contributed by atoms with E-state index in [0.717, 1.165) is 12.0 Å². The number of hydrogen-bond donors (Lipinski definition) is 1. The first-order chi connectivity index (χ1) is 9.13. The van der Waals surface area contributed by atoms with Gasteiger partial charge in [0.2, 0.25) is 11.7 Å². The quantitative estimate of drug-likeness (QED) is 0.900. The summed E-state index contributed by atoms with van der Waals surface area (Å²) in [5.41, 5.74) is 7.23. The summed E-state index contributed by atoms with van der Waals surface area (Å²) >= 11 is 0. The number of aromatic nitrogens is 2. The Morgan fingerprint density at radius 3 is 2.89 bits per heavy atom. The minimum Gasteiger partial charge on any atom is -0.339 e. The molecule has 0 aliphatic rings. The van der Waals surface area contributed by atoms with Crippen molar-refractivity contribution < 1.29 is 8.91 Å². The monoisotopic (exact) mass is 263 g/mol. The molecule has 1 aromatic carbocycles. The Kier molecular flexibility index (Phi) is 4.27. The van der Waals surface area contributed by atoms with Gasteiger partial charge in [0.15, 0.2) is 0 Å². The second-order valence-electron chi connectivity index (χ2n) is 4.69. The highest BCUT2D eigenvalue weighted by Crippen LogP contribution is 2.22. The molecule has 2 N–H and O–H groups in total. The molecule has 1 atom stereocenters. The van der Waals surface area contributed by atoms with Crippen LogP contribution in [-0.4, -0.2) is 16.7 Å². The van der Waals surface area contributed by atoms with Crippen molar-refractivity contribution in [2.24, 2.45) is 11.7 Å². The van der Waals surface area contributed by atoms with Crippen LogP contribution in [0.5, 0.6) is 0 Å². The van der Waals surface area contributed by atoms with Gasteiger partial charge >= 0.3 is 0 Å². The zero-order valence-corrected chi connectivity index (χ0v) is 11.2. The van der Waals surface area contributed by atoms with Crippen molar-refractivity contribution in [2.75, 3.05) is 6.54 Å². The van der Waals surface area contributed by atoms with Gasteiger partial charge in [0, 0.05) is 12.0 Å². The number of rotatable bonds is 5. The largest absolute Gasteiger partial charge is 0.339 e. The number of nitrogens with zero attached hydrogens (tertiary/aromatic N) is 2. The molecule has 19 heavy (non-hydrogen) atoms. The predicted molar refractivity (Wildman–Crippen MR) is 71.0 cm³/mol. The van der Waals surface area contributed by atoms with Crippen LogP contribution in [-0.2, 0) is 6.42 Å². The third kappa shape index (κ3) is 3.17. The number of aryl methyl sites for hydroxylation is 1. The maximum absolute atomic E-state index is 13.3. The summed E-state index contributed by atoms with van der Waals surface area (Å²) in [7, 11) is 0. The first-order valence-electron chi connectivity index (χ1n) is 6.43. The van der Waals surface area contributed by atoms with Crippen LogP contribution in [0.25, 0.3) is 11.4 Å². The molecule has 0 aliphatic heterocycles. The Morgan fingerprint density at radius 1 is 1.42 bits per heavy atom. The summed E-state index contributed by atoms with van der Waals surface area (Å²) in [5, 5.41) is 3.92. The van der Waals surface area contributed by atoms with E-state index in [1.165, 1.54) is 12.1 Å². The lowest BCUT2D eigenvalue weighted by Gasteiger charge is -2.07. The second-order valence-corrected chi connectivity index (χ2v) is 4.69. The van der Waals surface area contributed by atoms with Crippen molar-refractivity contribution in [3.8, 4) is 11.4 Å². The molecule has 2 aromatic rings. The second kappa shape index (κ2) is 5.93. The van der Waals surface area contributed by atoms with Crippen molar-refractivity contribution in [1.29, 1.82) is 0 Å². The molecular weight excluding hydrogens is 245 g/mol. The van der Waals surface area contributed by atoms with Crippen molar-refractivity contribution in [3.63, 3.8) is 0 Å². The van der Waals surface area contributed by atoms with Crippen molar-refractivity contribution in [3.05, 3.63) is 35.5 Å². The van der Waals surface area contributed by atoms with Gasteiger partial charge in [-0.2, -0.15) is 4.98 Å². The third-order valence-electron chi connectivity index (χ3n) is 3.28. The average molecular weight is 263 g/mol. The Balaban J connectivity index is 2.23. The van der Waals surface area contributed by atoms with Crippen molar-refractivity contribution >= 4 is 0 Å². The van der Waals surface area contributed by atoms with Crippen LogP contribution in [0.2, 0.25) is 0 Å². The van der Waals surface area contributed by atoms with E-state index < -0.39 is 0 Å². The molecule has 0 aliphatic carbocycles.